The Labute approximate surface area is 133 Å². The number of esters is 1. The van der Waals surface area contributed by atoms with Crippen LogP contribution in [0.2, 0.25) is 0 Å². The summed E-state index contributed by atoms with van der Waals surface area (Å²) >= 11 is 0. The maximum absolute atomic E-state index is 11.6. The van der Waals surface area contributed by atoms with E-state index in [2.05, 4.69) is 0 Å². The van der Waals surface area contributed by atoms with Crippen LogP contribution < -0.4 is 0 Å². The molecule has 0 saturated carbocycles. The van der Waals surface area contributed by atoms with Crippen molar-refractivity contribution >= 4 is 16.7 Å². The Kier molecular flexibility index (Phi) is 4.10. The third-order valence-corrected chi connectivity index (χ3v) is 4.16. The first-order valence-corrected chi connectivity index (χ1v) is 7.62. The number of rotatable bonds is 4. The summed E-state index contributed by atoms with van der Waals surface area (Å²) in [7, 11) is 0. The predicted octanol–water partition coefficient (Wildman–Crippen LogP) is 3.81. The minimum Gasteiger partial charge on any atom is -0.461 e. The van der Waals surface area contributed by atoms with Gasteiger partial charge in [-0.15, -0.1) is 0 Å². The molecule has 0 amide bonds. The molecule has 1 aliphatic rings. The van der Waals surface area contributed by atoms with Gasteiger partial charge in [0, 0.05) is 12.8 Å². The number of nitro groups is 1. The van der Waals surface area contributed by atoms with E-state index in [9.17, 15) is 14.9 Å². The van der Waals surface area contributed by atoms with Gasteiger partial charge in [-0.2, -0.15) is 0 Å². The fraction of sp³-hybridized carbons (Fsp3) is 0.278. The molecule has 118 valence electrons. The first kappa shape index (κ1) is 15.2. The standard InChI is InChI=1S/C18H17NO4/c1-2-17(20)23-16-10-9-15(19(21)22)18(16)14-8-7-12-5-3-4-6-13(12)11-14/h3-9,11,16,18H,2,10H2,1H3/t16-,18+/m1/s1. The molecule has 23 heavy (non-hydrogen) atoms. The van der Waals surface area contributed by atoms with Gasteiger partial charge in [-0.3, -0.25) is 14.9 Å². The molecule has 2 aromatic rings. The Balaban J connectivity index is 2.00. The van der Waals surface area contributed by atoms with Crippen molar-refractivity contribution in [3.05, 3.63) is 69.9 Å². The molecule has 0 spiro atoms. The highest BCUT2D eigenvalue weighted by Gasteiger charge is 2.41. The van der Waals surface area contributed by atoms with E-state index in [-0.39, 0.29) is 23.0 Å². The molecule has 0 unspecified atom stereocenters. The van der Waals surface area contributed by atoms with Gasteiger partial charge in [-0.25, -0.2) is 0 Å². The van der Waals surface area contributed by atoms with Crippen LogP contribution in [0.25, 0.3) is 10.8 Å². The fourth-order valence-electron chi connectivity index (χ4n) is 3.03. The highest BCUT2D eigenvalue weighted by molar-refractivity contribution is 5.83. The van der Waals surface area contributed by atoms with E-state index in [0.29, 0.717) is 6.42 Å². The zero-order valence-corrected chi connectivity index (χ0v) is 12.8. The molecule has 1 aliphatic carbocycles. The molecule has 5 heteroatoms. The van der Waals surface area contributed by atoms with E-state index in [1.165, 1.54) is 0 Å². The highest BCUT2D eigenvalue weighted by Crippen LogP contribution is 2.38. The van der Waals surface area contributed by atoms with E-state index in [4.69, 9.17) is 4.74 Å². The summed E-state index contributed by atoms with van der Waals surface area (Å²) in [6.45, 7) is 1.71. The van der Waals surface area contributed by atoms with E-state index >= 15 is 0 Å². The predicted molar refractivity (Wildman–Crippen MR) is 86.6 cm³/mol. The van der Waals surface area contributed by atoms with Gasteiger partial charge in [0.15, 0.2) is 0 Å². The topological polar surface area (TPSA) is 69.4 Å². The molecular weight excluding hydrogens is 294 g/mol. The van der Waals surface area contributed by atoms with Crippen LogP contribution in [0.4, 0.5) is 0 Å². The van der Waals surface area contributed by atoms with Gasteiger partial charge in [0.05, 0.1) is 4.92 Å². The lowest BCUT2D eigenvalue weighted by molar-refractivity contribution is -0.430. The van der Waals surface area contributed by atoms with Crippen LogP contribution in [-0.2, 0) is 9.53 Å². The molecule has 0 heterocycles. The van der Waals surface area contributed by atoms with Crippen molar-refractivity contribution in [3.8, 4) is 0 Å². The van der Waals surface area contributed by atoms with Gasteiger partial charge in [0.1, 0.15) is 12.0 Å². The van der Waals surface area contributed by atoms with E-state index in [0.717, 1.165) is 16.3 Å². The number of carbonyl (C=O) groups excluding carboxylic acids is 1. The summed E-state index contributed by atoms with van der Waals surface area (Å²) in [5.74, 6) is -0.858. The van der Waals surface area contributed by atoms with E-state index < -0.39 is 12.0 Å². The molecule has 2 atom stereocenters. The Morgan fingerprint density at radius 1 is 1.26 bits per heavy atom. The van der Waals surface area contributed by atoms with Crippen LogP contribution in [0.3, 0.4) is 0 Å². The van der Waals surface area contributed by atoms with Gasteiger partial charge in [-0.1, -0.05) is 49.4 Å². The quantitative estimate of drug-likeness (QED) is 0.489. The number of nitrogens with zero attached hydrogens (tertiary/aromatic N) is 1. The second kappa shape index (κ2) is 6.20. The second-order valence-corrected chi connectivity index (χ2v) is 5.59. The average Bonchev–Trinajstić information content (AvgIpc) is 2.98. The maximum Gasteiger partial charge on any atom is 0.305 e. The summed E-state index contributed by atoms with van der Waals surface area (Å²) in [4.78, 5) is 22.6. The maximum atomic E-state index is 11.6. The first-order valence-electron chi connectivity index (χ1n) is 7.62. The fourth-order valence-corrected chi connectivity index (χ4v) is 3.03. The first-order chi connectivity index (χ1) is 11.1. The van der Waals surface area contributed by atoms with Gasteiger partial charge in [0.2, 0.25) is 0 Å². The molecular formula is C18H17NO4. The number of ether oxygens (including phenoxy) is 1. The summed E-state index contributed by atoms with van der Waals surface area (Å²) in [5, 5.41) is 13.4. The zero-order chi connectivity index (χ0) is 16.4. The molecule has 0 fully saturated rings. The molecule has 3 rings (SSSR count). The van der Waals surface area contributed by atoms with Gasteiger partial charge in [0.25, 0.3) is 5.70 Å². The van der Waals surface area contributed by atoms with Crippen molar-refractivity contribution in [1.29, 1.82) is 0 Å². The second-order valence-electron chi connectivity index (χ2n) is 5.59. The lowest BCUT2D eigenvalue weighted by atomic mass is 9.92. The SMILES string of the molecule is CCC(=O)O[C@@H]1CC=C([N+](=O)[O-])[C@@H]1c1ccc2ccccc2c1. The van der Waals surface area contributed by atoms with Crippen molar-refractivity contribution in [2.24, 2.45) is 0 Å². The monoisotopic (exact) mass is 311 g/mol. The van der Waals surface area contributed by atoms with E-state index in [1.54, 1.807) is 13.0 Å². The molecule has 0 N–H and O–H groups in total. The van der Waals surface area contributed by atoms with E-state index in [1.807, 2.05) is 42.5 Å². The van der Waals surface area contributed by atoms with Crippen LogP contribution in [-0.4, -0.2) is 17.0 Å². The molecule has 0 aromatic heterocycles. The van der Waals surface area contributed by atoms with Crippen molar-refractivity contribution in [1.82, 2.24) is 0 Å². The zero-order valence-electron chi connectivity index (χ0n) is 12.8. The molecule has 0 saturated heterocycles. The Bertz CT molecular complexity index is 796. The summed E-state index contributed by atoms with van der Waals surface area (Å²) in [6, 6.07) is 13.6. The highest BCUT2D eigenvalue weighted by atomic mass is 16.6. The Morgan fingerprint density at radius 3 is 2.70 bits per heavy atom. The minimum absolute atomic E-state index is 0.106. The molecule has 0 aliphatic heterocycles. The van der Waals surface area contributed by atoms with Crippen LogP contribution in [0.1, 0.15) is 31.2 Å². The molecule has 0 bridgehead atoms. The summed E-state index contributed by atoms with van der Waals surface area (Å²) < 4.78 is 5.42. The number of hydrogen-bond acceptors (Lipinski definition) is 4. The largest absolute Gasteiger partial charge is 0.461 e. The number of hydrogen-bond donors (Lipinski definition) is 0. The average molecular weight is 311 g/mol. The molecule has 5 nitrogen and oxygen atoms in total. The summed E-state index contributed by atoms with van der Waals surface area (Å²) in [5.41, 5.74) is 0.909. The lowest BCUT2D eigenvalue weighted by Crippen LogP contribution is -2.24. The van der Waals surface area contributed by atoms with Crippen molar-refractivity contribution in [2.75, 3.05) is 0 Å². The Hall–Kier alpha value is -2.69. The van der Waals surface area contributed by atoms with Crippen LogP contribution in [0.15, 0.2) is 54.2 Å². The normalized spacial score (nSPS) is 20.3. The lowest BCUT2D eigenvalue weighted by Gasteiger charge is -2.20. The third kappa shape index (κ3) is 2.95. The van der Waals surface area contributed by atoms with Gasteiger partial charge >= 0.3 is 5.97 Å². The van der Waals surface area contributed by atoms with Crippen molar-refractivity contribution < 1.29 is 14.5 Å². The Morgan fingerprint density at radius 2 is 2.00 bits per heavy atom. The molecule has 2 aromatic carbocycles. The minimum atomic E-state index is -0.523. The van der Waals surface area contributed by atoms with Crippen molar-refractivity contribution in [3.63, 3.8) is 0 Å². The smallest absolute Gasteiger partial charge is 0.305 e. The van der Waals surface area contributed by atoms with Crippen LogP contribution in [0, 0.1) is 10.1 Å². The van der Waals surface area contributed by atoms with Crippen LogP contribution in [0.5, 0.6) is 0 Å². The molecule has 0 radical (unpaired) electrons. The van der Waals surface area contributed by atoms with Crippen LogP contribution >= 0.6 is 0 Å². The van der Waals surface area contributed by atoms with Gasteiger partial charge in [-0.05, 0) is 22.4 Å². The van der Waals surface area contributed by atoms with Crippen molar-refractivity contribution in [2.45, 2.75) is 31.8 Å². The number of benzene rings is 2. The van der Waals surface area contributed by atoms with Gasteiger partial charge < -0.3 is 4.74 Å². The number of carbonyl (C=O) groups is 1. The summed E-state index contributed by atoms with van der Waals surface area (Å²) in [6.07, 6.45) is 1.69. The number of fused-ring (bicyclic) bond motifs is 1. The third-order valence-electron chi connectivity index (χ3n) is 4.16.